The molecule has 0 fully saturated rings. The number of hydrogen-bond acceptors (Lipinski definition) is 5. The third-order valence-corrected chi connectivity index (χ3v) is 5.56. The van der Waals surface area contributed by atoms with Crippen LogP contribution >= 0.6 is 23.5 Å². The maximum Gasteiger partial charge on any atom is 0.254 e. The second-order valence-corrected chi connectivity index (χ2v) is 7.93. The van der Waals surface area contributed by atoms with E-state index in [-0.39, 0.29) is 11.5 Å². The Morgan fingerprint density at radius 2 is 1.96 bits per heavy atom. The second kappa shape index (κ2) is 10.4. The summed E-state index contributed by atoms with van der Waals surface area (Å²) in [4.78, 5) is 31.1. The molecule has 140 valence electrons. The molecule has 1 aromatic carbocycles. The number of nitrogens with one attached hydrogen (secondary N) is 2. The van der Waals surface area contributed by atoms with Crippen molar-refractivity contribution in [3.63, 3.8) is 0 Å². The average Bonchev–Trinajstić information content (AvgIpc) is 2.62. The lowest BCUT2D eigenvalue weighted by Gasteiger charge is -2.07. The largest absolute Gasteiger partial charge is 0.355 e. The summed E-state index contributed by atoms with van der Waals surface area (Å²) < 4.78 is 0. The fourth-order valence-electron chi connectivity index (χ4n) is 2.44. The third-order valence-electron chi connectivity index (χ3n) is 3.95. The highest BCUT2D eigenvalue weighted by Gasteiger charge is 2.10. The Bertz CT molecular complexity index is 788. The van der Waals surface area contributed by atoms with Gasteiger partial charge in [0.2, 0.25) is 5.91 Å². The van der Waals surface area contributed by atoms with Gasteiger partial charge in [0.25, 0.3) is 5.56 Å². The molecule has 1 aromatic heterocycles. The van der Waals surface area contributed by atoms with Crippen LogP contribution in [-0.4, -0.2) is 34.4 Å². The van der Waals surface area contributed by atoms with Gasteiger partial charge < -0.3 is 10.3 Å². The van der Waals surface area contributed by atoms with E-state index in [9.17, 15) is 9.59 Å². The van der Waals surface area contributed by atoms with Crippen molar-refractivity contribution in [3.8, 4) is 0 Å². The van der Waals surface area contributed by atoms with Crippen LogP contribution in [0.4, 0.5) is 0 Å². The first kappa shape index (κ1) is 20.6. The van der Waals surface area contributed by atoms with Gasteiger partial charge in [-0.2, -0.15) is 11.8 Å². The van der Waals surface area contributed by atoms with Crippen molar-refractivity contribution >= 4 is 29.4 Å². The molecule has 2 aromatic rings. The average molecular weight is 392 g/mol. The van der Waals surface area contributed by atoms with Gasteiger partial charge in [0.15, 0.2) is 5.16 Å². The van der Waals surface area contributed by atoms with Crippen LogP contribution in [0.3, 0.4) is 0 Å². The molecule has 0 aliphatic rings. The maximum absolute atomic E-state index is 12.0. The summed E-state index contributed by atoms with van der Waals surface area (Å²) in [7, 11) is 0. The number of amides is 1. The van der Waals surface area contributed by atoms with Crippen molar-refractivity contribution in [2.24, 2.45) is 0 Å². The van der Waals surface area contributed by atoms with E-state index in [0.29, 0.717) is 35.8 Å². The van der Waals surface area contributed by atoms with E-state index in [1.54, 1.807) is 11.8 Å². The molecule has 2 rings (SSSR count). The maximum atomic E-state index is 12.0. The molecule has 2 N–H and O–H groups in total. The monoisotopic (exact) mass is 391 g/mol. The van der Waals surface area contributed by atoms with Gasteiger partial charge >= 0.3 is 0 Å². The normalized spacial score (nSPS) is 10.7. The molecule has 5 nitrogen and oxygen atoms in total. The highest BCUT2D eigenvalue weighted by molar-refractivity contribution is 7.98. The molecule has 0 aliphatic carbocycles. The molecule has 1 heterocycles. The topological polar surface area (TPSA) is 74.8 Å². The SMILES string of the molecule is CSc1nc(C)c(CCC(=O)NCCSCc2ccc(C)cc2)c(=O)[nH]1. The third kappa shape index (κ3) is 6.53. The number of aromatic nitrogens is 2. The first-order valence-corrected chi connectivity index (χ1v) is 10.9. The van der Waals surface area contributed by atoms with Gasteiger partial charge in [0.05, 0.1) is 0 Å². The van der Waals surface area contributed by atoms with Gasteiger partial charge in [-0.3, -0.25) is 9.59 Å². The van der Waals surface area contributed by atoms with Crippen molar-refractivity contribution in [3.05, 3.63) is 57.0 Å². The number of aryl methyl sites for hydroxylation is 2. The Kier molecular flexibility index (Phi) is 8.25. The fourth-order valence-corrected chi connectivity index (χ4v) is 3.68. The van der Waals surface area contributed by atoms with Crippen LogP contribution < -0.4 is 10.9 Å². The van der Waals surface area contributed by atoms with Crippen LogP contribution in [0.2, 0.25) is 0 Å². The van der Waals surface area contributed by atoms with E-state index in [4.69, 9.17) is 0 Å². The quantitative estimate of drug-likeness (QED) is 0.390. The summed E-state index contributed by atoms with van der Waals surface area (Å²) in [6.45, 7) is 4.52. The van der Waals surface area contributed by atoms with Crippen LogP contribution in [0.5, 0.6) is 0 Å². The van der Waals surface area contributed by atoms with Gasteiger partial charge in [-0.1, -0.05) is 41.6 Å². The molecule has 0 bridgehead atoms. The first-order valence-electron chi connectivity index (χ1n) is 8.53. The Labute approximate surface area is 162 Å². The summed E-state index contributed by atoms with van der Waals surface area (Å²) >= 11 is 3.19. The minimum atomic E-state index is -0.150. The number of H-pyrrole nitrogens is 1. The summed E-state index contributed by atoms with van der Waals surface area (Å²) in [6, 6.07) is 8.50. The molecule has 0 saturated heterocycles. The van der Waals surface area contributed by atoms with E-state index in [1.165, 1.54) is 22.9 Å². The summed E-state index contributed by atoms with van der Waals surface area (Å²) in [6.07, 6.45) is 2.57. The molecule has 0 aliphatic heterocycles. The zero-order valence-corrected chi connectivity index (χ0v) is 17.1. The molecular formula is C19H25N3O2S2. The van der Waals surface area contributed by atoms with Crippen LogP contribution in [0, 0.1) is 13.8 Å². The van der Waals surface area contributed by atoms with Gasteiger partial charge in [-0.15, -0.1) is 0 Å². The number of hydrogen-bond donors (Lipinski definition) is 2. The number of thioether (sulfide) groups is 2. The number of carbonyl (C=O) groups is 1. The second-order valence-electron chi connectivity index (χ2n) is 6.03. The number of nitrogens with zero attached hydrogens (tertiary/aromatic N) is 1. The standard InChI is InChI=1S/C19H25N3O2S2/c1-13-4-6-15(7-5-13)12-26-11-10-20-17(23)9-8-16-14(2)21-19(25-3)22-18(16)24/h4-7H,8-12H2,1-3H3,(H,20,23)(H,21,22,24). The number of benzene rings is 1. The molecular weight excluding hydrogens is 366 g/mol. The van der Waals surface area contributed by atoms with E-state index in [0.717, 1.165) is 11.5 Å². The Hall–Kier alpha value is -1.73. The molecule has 26 heavy (non-hydrogen) atoms. The highest BCUT2D eigenvalue weighted by Crippen LogP contribution is 2.12. The van der Waals surface area contributed by atoms with Crippen LogP contribution in [-0.2, 0) is 17.0 Å². The van der Waals surface area contributed by atoms with Crippen LogP contribution in [0.15, 0.2) is 34.2 Å². The minimum absolute atomic E-state index is 0.0336. The van der Waals surface area contributed by atoms with E-state index in [1.807, 2.05) is 13.2 Å². The fraction of sp³-hybridized carbons (Fsp3) is 0.421. The van der Waals surface area contributed by atoms with Crippen molar-refractivity contribution in [1.29, 1.82) is 0 Å². The highest BCUT2D eigenvalue weighted by atomic mass is 32.2. The number of aromatic amines is 1. The predicted molar refractivity (Wildman–Crippen MR) is 110 cm³/mol. The zero-order valence-electron chi connectivity index (χ0n) is 15.4. The van der Waals surface area contributed by atoms with Crippen LogP contribution in [0.1, 0.15) is 28.8 Å². The Balaban J connectivity index is 1.68. The number of carbonyl (C=O) groups excluding carboxylic acids is 1. The Morgan fingerprint density at radius 1 is 1.23 bits per heavy atom. The summed E-state index contributed by atoms with van der Waals surface area (Å²) in [5, 5.41) is 3.52. The molecule has 0 spiro atoms. The van der Waals surface area contributed by atoms with E-state index in [2.05, 4.69) is 46.5 Å². The first-order chi connectivity index (χ1) is 12.5. The van der Waals surface area contributed by atoms with Crippen molar-refractivity contribution in [2.75, 3.05) is 18.6 Å². The van der Waals surface area contributed by atoms with E-state index < -0.39 is 0 Å². The van der Waals surface area contributed by atoms with Gasteiger partial charge in [-0.05, 0) is 32.1 Å². The molecule has 0 saturated carbocycles. The summed E-state index contributed by atoms with van der Waals surface area (Å²) in [5.41, 5.74) is 3.69. The molecule has 0 unspecified atom stereocenters. The molecule has 1 amide bonds. The number of rotatable bonds is 9. The smallest absolute Gasteiger partial charge is 0.254 e. The summed E-state index contributed by atoms with van der Waals surface area (Å²) in [5.74, 6) is 1.77. The van der Waals surface area contributed by atoms with Crippen LogP contribution in [0.25, 0.3) is 0 Å². The predicted octanol–water partition coefficient (Wildman–Crippen LogP) is 3.09. The Morgan fingerprint density at radius 3 is 2.62 bits per heavy atom. The minimum Gasteiger partial charge on any atom is -0.355 e. The molecule has 0 atom stereocenters. The van der Waals surface area contributed by atoms with E-state index >= 15 is 0 Å². The molecule has 0 radical (unpaired) electrons. The van der Waals surface area contributed by atoms with Gasteiger partial charge in [-0.25, -0.2) is 4.98 Å². The van der Waals surface area contributed by atoms with Gasteiger partial charge in [0, 0.05) is 35.7 Å². The van der Waals surface area contributed by atoms with Crippen molar-refractivity contribution in [1.82, 2.24) is 15.3 Å². The molecule has 7 heteroatoms. The van der Waals surface area contributed by atoms with Crippen molar-refractivity contribution < 1.29 is 4.79 Å². The van der Waals surface area contributed by atoms with Gasteiger partial charge in [0.1, 0.15) is 0 Å². The lowest BCUT2D eigenvalue weighted by atomic mass is 10.1. The lowest BCUT2D eigenvalue weighted by molar-refractivity contribution is -0.120. The van der Waals surface area contributed by atoms with Crippen molar-refractivity contribution in [2.45, 2.75) is 37.6 Å². The zero-order chi connectivity index (χ0) is 18.9. The lowest BCUT2D eigenvalue weighted by Crippen LogP contribution is -2.27.